The van der Waals surface area contributed by atoms with Crippen molar-refractivity contribution in [1.29, 1.82) is 0 Å². The van der Waals surface area contributed by atoms with Gasteiger partial charge in [-0.15, -0.1) is 0 Å². The first kappa shape index (κ1) is 27.3. The summed E-state index contributed by atoms with van der Waals surface area (Å²) in [6.07, 6.45) is 1.03. The maximum atomic E-state index is 12.8. The van der Waals surface area contributed by atoms with Crippen molar-refractivity contribution < 1.29 is 37.6 Å². The van der Waals surface area contributed by atoms with E-state index in [0.29, 0.717) is 0 Å². The van der Waals surface area contributed by atoms with E-state index in [1.165, 1.54) is 44.6 Å². The molecule has 0 spiro atoms. The molecule has 15 nitrogen and oxygen atoms in total. The predicted molar refractivity (Wildman–Crippen MR) is 135 cm³/mol. The number of hydrogen-bond acceptors (Lipinski definition) is 11. The summed E-state index contributed by atoms with van der Waals surface area (Å²) in [6, 6.07) is 10.5. The lowest BCUT2D eigenvalue weighted by molar-refractivity contribution is -0.385. The third-order valence-corrected chi connectivity index (χ3v) is 6.36. The number of benzene rings is 3. The highest BCUT2D eigenvalue weighted by atomic mass is 32.2. The highest BCUT2D eigenvalue weighted by Gasteiger charge is 2.24. The summed E-state index contributed by atoms with van der Waals surface area (Å²) >= 11 is 0. The van der Waals surface area contributed by atoms with Gasteiger partial charge in [-0.2, -0.15) is 5.10 Å². The molecule has 0 radical (unpaired) electrons. The Balaban J connectivity index is 1.93. The summed E-state index contributed by atoms with van der Waals surface area (Å²) < 4.78 is 37.9. The van der Waals surface area contributed by atoms with E-state index in [0.717, 1.165) is 30.5 Å². The molecule has 0 heterocycles. The number of anilines is 2. The number of aromatic carboxylic acids is 1. The number of carbonyl (C=O) groups is 1. The first-order chi connectivity index (χ1) is 18.0. The summed E-state index contributed by atoms with van der Waals surface area (Å²) in [4.78, 5) is 32.4. The minimum atomic E-state index is -4.42. The van der Waals surface area contributed by atoms with Crippen LogP contribution in [0, 0.1) is 20.2 Å². The fourth-order valence-electron chi connectivity index (χ4n) is 3.20. The Morgan fingerprint density at radius 2 is 1.58 bits per heavy atom. The van der Waals surface area contributed by atoms with Crippen LogP contribution < -0.4 is 19.6 Å². The van der Waals surface area contributed by atoms with Crippen LogP contribution in [0.3, 0.4) is 0 Å². The Morgan fingerprint density at radius 3 is 2.18 bits per heavy atom. The molecule has 0 aliphatic rings. The van der Waals surface area contributed by atoms with Gasteiger partial charge in [0.2, 0.25) is 0 Å². The van der Waals surface area contributed by atoms with E-state index < -0.39 is 36.4 Å². The minimum Gasteiger partial charge on any atom is -0.493 e. The molecule has 38 heavy (non-hydrogen) atoms. The smallest absolute Gasteiger partial charge is 0.337 e. The molecule has 0 bridgehead atoms. The second-order valence-corrected chi connectivity index (χ2v) is 8.97. The molecule has 0 amide bonds. The standard InChI is InChI=1S/C22H19N5O10S/c1-36-20-9-13(18(26(30)31)11-21(20)37-2)12-23-24-17-8-7-14(10-19(17)27(32)33)38(34,35)25-16-6-4-3-5-15(16)22(28)29/h3-12,24-25H,1-2H3,(H,28,29)/b23-12+. The van der Waals surface area contributed by atoms with E-state index in [2.05, 4.69) is 15.2 Å². The van der Waals surface area contributed by atoms with Crippen LogP contribution in [0.1, 0.15) is 15.9 Å². The number of para-hydroxylation sites is 1. The monoisotopic (exact) mass is 545 g/mol. The van der Waals surface area contributed by atoms with Gasteiger partial charge in [0.1, 0.15) is 5.69 Å². The molecule has 0 saturated carbocycles. The zero-order chi connectivity index (χ0) is 28.0. The van der Waals surface area contributed by atoms with E-state index in [1.54, 1.807) is 0 Å². The third-order valence-electron chi connectivity index (χ3n) is 5.00. The fraction of sp³-hybridized carbons (Fsp3) is 0.0909. The van der Waals surface area contributed by atoms with E-state index in [9.17, 15) is 38.5 Å². The average Bonchev–Trinajstić information content (AvgIpc) is 2.88. The van der Waals surface area contributed by atoms with Crippen LogP contribution in [-0.2, 0) is 10.0 Å². The van der Waals surface area contributed by atoms with Crippen molar-refractivity contribution >= 4 is 45.0 Å². The van der Waals surface area contributed by atoms with Gasteiger partial charge >= 0.3 is 5.97 Å². The number of hydrazone groups is 1. The average molecular weight is 545 g/mol. The lowest BCUT2D eigenvalue weighted by atomic mass is 10.1. The first-order valence-corrected chi connectivity index (χ1v) is 11.8. The van der Waals surface area contributed by atoms with Gasteiger partial charge in [0, 0.05) is 6.07 Å². The predicted octanol–water partition coefficient (Wildman–Crippen LogP) is 3.47. The molecular formula is C22H19N5O10S. The molecule has 198 valence electrons. The van der Waals surface area contributed by atoms with Crippen LogP contribution in [0.4, 0.5) is 22.7 Å². The Morgan fingerprint density at radius 1 is 0.947 bits per heavy atom. The van der Waals surface area contributed by atoms with Crippen LogP contribution in [0.5, 0.6) is 11.5 Å². The molecule has 0 aliphatic carbocycles. The Labute approximate surface area is 214 Å². The molecule has 0 saturated heterocycles. The van der Waals surface area contributed by atoms with Crippen molar-refractivity contribution in [2.75, 3.05) is 24.4 Å². The van der Waals surface area contributed by atoms with Gasteiger partial charge in [-0.1, -0.05) is 12.1 Å². The van der Waals surface area contributed by atoms with Crippen LogP contribution in [0.15, 0.2) is 64.6 Å². The number of nitro benzene ring substituents is 2. The highest BCUT2D eigenvalue weighted by Crippen LogP contribution is 2.34. The van der Waals surface area contributed by atoms with Gasteiger partial charge in [0.05, 0.1) is 58.1 Å². The zero-order valence-corrected chi connectivity index (χ0v) is 20.5. The Bertz CT molecular complexity index is 1560. The Kier molecular flexibility index (Phi) is 8.07. The molecule has 3 aromatic carbocycles. The molecule has 3 aromatic rings. The van der Waals surface area contributed by atoms with Gasteiger partial charge in [0.25, 0.3) is 21.4 Å². The number of nitro groups is 2. The molecule has 0 unspecified atom stereocenters. The van der Waals surface area contributed by atoms with Crippen molar-refractivity contribution in [1.82, 2.24) is 0 Å². The summed E-state index contributed by atoms with van der Waals surface area (Å²) in [6.45, 7) is 0. The molecular weight excluding hydrogens is 526 g/mol. The summed E-state index contributed by atoms with van der Waals surface area (Å²) in [5, 5.41) is 36.1. The summed E-state index contributed by atoms with van der Waals surface area (Å²) in [5.74, 6) is -1.09. The van der Waals surface area contributed by atoms with Gasteiger partial charge in [0.15, 0.2) is 11.5 Å². The number of nitrogens with one attached hydrogen (secondary N) is 2. The van der Waals surface area contributed by atoms with Crippen molar-refractivity contribution in [2.24, 2.45) is 5.10 Å². The van der Waals surface area contributed by atoms with Gasteiger partial charge in [-0.3, -0.25) is 30.4 Å². The van der Waals surface area contributed by atoms with Crippen LogP contribution in [0.25, 0.3) is 0 Å². The highest BCUT2D eigenvalue weighted by molar-refractivity contribution is 7.92. The van der Waals surface area contributed by atoms with Crippen LogP contribution >= 0.6 is 0 Å². The number of carboxylic acids is 1. The number of sulfonamides is 1. The normalized spacial score (nSPS) is 11.1. The first-order valence-electron chi connectivity index (χ1n) is 10.3. The maximum Gasteiger partial charge on any atom is 0.337 e. The SMILES string of the molecule is COc1cc(/C=N/Nc2ccc(S(=O)(=O)Nc3ccccc3C(=O)O)cc2[N+](=O)[O-])c([N+](=O)[O-])cc1OC. The number of nitrogens with zero attached hydrogens (tertiary/aromatic N) is 3. The van der Waals surface area contributed by atoms with E-state index in [-0.39, 0.29) is 39.7 Å². The molecule has 0 aromatic heterocycles. The van der Waals surface area contributed by atoms with E-state index in [1.807, 2.05) is 0 Å². The summed E-state index contributed by atoms with van der Waals surface area (Å²) in [5.41, 5.74) is 0.526. The second kappa shape index (κ2) is 11.2. The molecule has 16 heteroatoms. The second-order valence-electron chi connectivity index (χ2n) is 7.29. The lowest BCUT2D eigenvalue weighted by Gasteiger charge is -2.11. The van der Waals surface area contributed by atoms with Crippen LogP contribution in [-0.4, -0.2) is 49.8 Å². The Hall–Kier alpha value is -5.25. The minimum absolute atomic E-state index is 0.0108. The fourth-order valence-corrected chi connectivity index (χ4v) is 4.30. The van der Waals surface area contributed by atoms with Crippen molar-refractivity contribution in [3.8, 4) is 11.5 Å². The largest absolute Gasteiger partial charge is 0.493 e. The number of ether oxygens (including phenoxy) is 2. The number of rotatable bonds is 11. The van der Waals surface area contributed by atoms with Crippen LogP contribution in [0.2, 0.25) is 0 Å². The zero-order valence-electron chi connectivity index (χ0n) is 19.6. The molecule has 0 atom stereocenters. The van der Waals surface area contributed by atoms with E-state index >= 15 is 0 Å². The van der Waals surface area contributed by atoms with Gasteiger partial charge < -0.3 is 14.6 Å². The molecule has 0 aliphatic heterocycles. The molecule has 0 fully saturated rings. The van der Waals surface area contributed by atoms with Gasteiger partial charge in [-0.25, -0.2) is 13.2 Å². The van der Waals surface area contributed by atoms with E-state index in [4.69, 9.17) is 9.47 Å². The summed E-state index contributed by atoms with van der Waals surface area (Å²) in [7, 11) is -1.78. The van der Waals surface area contributed by atoms with Crippen molar-refractivity contribution in [2.45, 2.75) is 4.90 Å². The van der Waals surface area contributed by atoms with Crippen molar-refractivity contribution in [3.63, 3.8) is 0 Å². The number of hydrogen-bond donors (Lipinski definition) is 3. The number of methoxy groups -OCH3 is 2. The van der Waals surface area contributed by atoms with Gasteiger partial charge in [-0.05, 0) is 30.3 Å². The third kappa shape index (κ3) is 5.93. The van der Waals surface area contributed by atoms with Crippen molar-refractivity contribution in [3.05, 3.63) is 86.0 Å². The molecule has 3 rings (SSSR count). The maximum absolute atomic E-state index is 12.8. The topological polar surface area (TPSA) is 213 Å². The quantitative estimate of drug-likeness (QED) is 0.180. The lowest BCUT2D eigenvalue weighted by Crippen LogP contribution is -2.16. The molecule has 3 N–H and O–H groups in total. The number of carboxylic acid groups (broad SMARTS) is 1.